The van der Waals surface area contributed by atoms with Crippen LogP contribution in [-0.2, 0) is 19.8 Å². The smallest absolute Gasteiger partial charge is 0.305 e. The lowest BCUT2D eigenvalue weighted by Gasteiger charge is -2.43. The number of thiazole rings is 1. The van der Waals surface area contributed by atoms with Gasteiger partial charge < -0.3 is 10.1 Å². The van der Waals surface area contributed by atoms with Crippen molar-refractivity contribution in [2.75, 3.05) is 6.54 Å². The number of rotatable bonds is 5. The summed E-state index contributed by atoms with van der Waals surface area (Å²) in [6, 6.07) is 8.70. The van der Waals surface area contributed by atoms with Crippen LogP contribution in [0.3, 0.4) is 0 Å². The highest BCUT2D eigenvalue weighted by atomic mass is 32.2. The third-order valence-corrected chi connectivity index (χ3v) is 11.3. The highest BCUT2D eigenvalue weighted by Crippen LogP contribution is 2.68. The van der Waals surface area contributed by atoms with Gasteiger partial charge in [-0.05, 0) is 47.1 Å². The Balaban J connectivity index is 1.36. The van der Waals surface area contributed by atoms with E-state index in [2.05, 4.69) is 50.0 Å². The Morgan fingerprint density at radius 1 is 1.08 bits per heavy atom. The number of fused-ring (bicyclic) bond motifs is 9. The number of H-pyrrole nitrogens is 1. The summed E-state index contributed by atoms with van der Waals surface area (Å²) in [6.07, 6.45) is 1.08. The van der Waals surface area contributed by atoms with Crippen LogP contribution in [-0.4, -0.2) is 44.6 Å². The summed E-state index contributed by atoms with van der Waals surface area (Å²) in [7, 11) is 0. The van der Waals surface area contributed by atoms with Crippen LogP contribution in [0.4, 0.5) is 0 Å². The van der Waals surface area contributed by atoms with E-state index in [1.54, 1.807) is 11.8 Å². The second kappa shape index (κ2) is 8.31. The number of benzene rings is 1. The largest absolute Gasteiger partial charge is 0.481 e. The molecule has 2 aromatic rings. The number of thioether (sulfide) groups is 1. The van der Waals surface area contributed by atoms with E-state index in [-0.39, 0.29) is 82.2 Å². The zero-order chi connectivity index (χ0) is 25.5. The number of aromatic amines is 1. The van der Waals surface area contributed by atoms with Crippen molar-refractivity contribution in [3.05, 3.63) is 49.9 Å². The zero-order valence-electron chi connectivity index (χ0n) is 20.5. The lowest BCUT2D eigenvalue weighted by Crippen LogP contribution is -2.42. The van der Waals surface area contributed by atoms with E-state index >= 15 is 0 Å². The minimum atomic E-state index is -0.919. The lowest BCUT2D eigenvalue weighted by atomic mass is 9.68. The van der Waals surface area contributed by atoms with Crippen LogP contribution in [0.15, 0.2) is 34.1 Å². The van der Waals surface area contributed by atoms with E-state index in [0.29, 0.717) is 0 Å². The number of nitrogens with zero attached hydrogens (tertiary/aromatic N) is 1. The van der Waals surface area contributed by atoms with Crippen molar-refractivity contribution in [1.82, 2.24) is 9.88 Å². The maximum absolute atomic E-state index is 13.5. The number of hydrogen-bond donors (Lipinski definition) is 2. The monoisotopic (exact) mass is 526 g/mol. The van der Waals surface area contributed by atoms with Gasteiger partial charge in [0.1, 0.15) is 0 Å². The number of nitrogens with one attached hydrogen (secondary N) is 1. The first-order valence-corrected chi connectivity index (χ1v) is 14.3. The molecule has 6 rings (SSSR count). The molecule has 7 nitrogen and oxygen atoms in total. The number of likely N-dealkylation sites (tertiary alicyclic amines) is 1. The van der Waals surface area contributed by atoms with Crippen LogP contribution in [0.2, 0.25) is 0 Å². The van der Waals surface area contributed by atoms with Crippen molar-refractivity contribution in [2.24, 2.45) is 29.6 Å². The van der Waals surface area contributed by atoms with E-state index < -0.39 is 5.97 Å². The average molecular weight is 527 g/mol. The quantitative estimate of drug-likeness (QED) is 0.569. The molecule has 190 valence electrons. The second-order valence-corrected chi connectivity index (χ2v) is 13.9. The van der Waals surface area contributed by atoms with Crippen LogP contribution in [0.25, 0.3) is 0 Å². The van der Waals surface area contributed by atoms with Crippen LogP contribution >= 0.6 is 23.1 Å². The fourth-order valence-corrected chi connectivity index (χ4v) is 10.1. The highest BCUT2D eigenvalue weighted by molar-refractivity contribution is 8.00. The Hall–Kier alpha value is -2.39. The number of carboxylic acid groups (broad SMARTS) is 1. The summed E-state index contributed by atoms with van der Waals surface area (Å²) < 4.78 is 0. The van der Waals surface area contributed by atoms with Crippen molar-refractivity contribution >= 4 is 40.9 Å². The second-order valence-electron chi connectivity index (χ2n) is 11.7. The molecule has 1 saturated heterocycles. The third kappa shape index (κ3) is 3.53. The summed E-state index contributed by atoms with van der Waals surface area (Å²) in [6.45, 7) is 6.74. The minimum absolute atomic E-state index is 0.0177. The molecule has 2 amide bonds. The van der Waals surface area contributed by atoms with Gasteiger partial charge in [0, 0.05) is 29.0 Å². The number of aromatic nitrogens is 1. The molecule has 36 heavy (non-hydrogen) atoms. The molecule has 3 fully saturated rings. The van der Waals surface area contributed by atoms with E-state index in [1.807, 2.05) is 0 Å². The van der Waals surface area contributed by atoms with Gasteiger partial charge in [-0.15, -0.1) is 11.8 Å². The first kappa shape index (κ1) is 24.0. The maximum atomic E-state index is 13.5. The molecule has 1 aromatic heterocycles. The summed E-state index contributed by atoms with van der Waals surface area (Å²) >= 11 is 2.96. The van der Waals surface area contributed by atoms with Gasteiger partial charge in [-0.3, -0.25) is 24.1 Å². The van der Waals surface area contributed by atoms with Gasteiger partial charge in [0.2, 0.25) is 11.8 Å². The molecule has 2 saturated carbocycles. The molecule has 1 aromatic carbocycles. The van der Waals surface area contributed by atoms with Crippen molar-refractivity contribution < 1.29 is 19.5 Å². The molecule has 2 aliphatic heterocycles. The average Bonchev–Trinajstić information content (AvgIpc) is 3.53. The van der Waals surface area contributed by atoms with Crippen molar-refractivity contribution in [3.63, 3.8) is 0 Å². The van der Waals surface area contributed by atoms with Crippen molar-refractivity contribution in [3.8, 4) is 0 Å². The minimum Gasteiger partial charge on any atom is -0.481 e. The van der Waals surface area contributed by atoms with E-state index in [4.69, 9.17) is 5.11 Å². The summed E-state index contributed by atoms with van der Waals surface area (Å²) in [4.78, 5) is 55.6. The molecule has 0 spiro atoms. The van der Waals surface area contributed by atoms with Crippen LogP contribution < -0.4 is 4.87 Å². The first-order chi connectivity index (χ1) is 17.1. The standard InChI is InChI=1S/C27H30N2O5S2/c1-27(2,3)13-8-6-12(7-9-13)17-18-14-11-15(21(18)35-23-22(17)36-26(34)28-23)20-19(14)24(32)29(25(20)33)10-4-5-16(30)31/h6-9,14-15,17-21H,4-5,10-11H2,1-3H3,(H,28,34)(H,30,31)/t14-,15+,17-,18+,19+,20+,21+/m0/s1. The van der Waals surface area contributed by atoms with E-state index in [0.717, 1.165) is 21.9 Å². The van der Waals surface area contributed by atoms with Crippen LogP contribution in [0, 0.1) is 29.6 Å². The predicted octanol–water partition coefficient (Wildman–Crippen LogP) is 4.07. The van der Waals surface area contributed by atoms with E-state index in [1.165, 1.54) is 21.8 Å². The maximum Gasteiger partial charge on any atom is 0.305 e. The highest BCUT2D eigenvalue weighted by Gasteiger charge is 2.69. The molecule has 7 atom stereocenters. The Kier molecular flexibility index (Phi) is 5.54. The van der Waals surface area contributed by atoms with Crippen LogP contribution in [0.1, 0.15) is 62.0 Å². The Bertz CT molecular complexity index is 1310. The molecule has 4 aliphatic rings. The SMILES string of the molecule is CC(C)(C)c1ccc([C@@H]2c3sc(=O)[nH]c3S[C@@H]3[C@@H]4C[C@H]([C@H]5C(=O)N(CCCC(=O)O)C(=O)[C@H]45)[C@H]23)cc1. The number of hydrogen-bond acceptors (Lipinski definition) is 6. The normalized spacial score (nSPS) is 32.5. The van der Waals surface area contributed by atoms with Gasteiger partial charge in [-0.1, -0.05) is 56.4 Å². The van der Waals surface area contributed by atoms with Crippen LogP contribution in [0.5, 0.6) is 0 Å². The Morgan fingerprint density at radius 3 is 2.39 bits per heavy atom. The molecule has 9 heteroatoms. The molecule has 0 radical (unpaired) electrons. The summed E-state index contributed by atoms with van der Waals surface area (Å²) in [5, 5.41) is 10.1. The number of carbonyl (C=O) groups excluding carboxylic acids is 2. The molecular weight excluding hydrogens is 496 g/mol. The fourth-order valence-electron chi connectivity index (χ4n) is 7.25. The van der Waals surface area contributed by atoms with Gasteiger partial charge in [0.15, 0.2) is 0 Å². The van der Waals surface area contributed by atoms with Gasteiger partial charge in [-0.2, -0.15) is 0 Å². The van der Waals surface area contributed by atoms with Crippen molar-refractivity contribution in [1.29, 1.82) is 0 Å². The number of imide groups is 1. The predicted molar refractivity (Wildman–Crippen MR) is 137 cm³/mol. The Morgan fingerprint density at radius 2 is 1.75 bits per heavy atom. The van der Waals surface area contributed by atoms with E-state index in [9.17, 15) is 19.2 Å². The molecule has 0 unspecified atom stereocenters. The lowest BCUT2D eigenvalue weighted by molar-refractivity contribution is -0.142. The number of amides is 2. The molecule has 2 aliphatic carbocycles. The van der Waals surface area contributed by atoms with Crippen molar-refractivity contribution in [2.45, 2.75) is 61.6 Å². The number of aliphatic carboxylic acids is 1. The number of carbonyl (C=O) groups is 3. The summed E-state index contributed by atoms with van der Waals surface area (Å²) in [5.74, 6) is -1.46. The fraction of sp³-hybridized carbons (Fsp3) is 0.556. The Labute approximate surface area is 217 Å². The molecular formula is C27H30N2O5S2. The van der Waals surface area contributed by atoms with Gasteiger partial charge in [-0.25, -0.2) is 0 Å². The number of carboxylic acids is 1. The van der Waals surface area contributed by atoms with Gasteiger partial charge >= 0.3 is 10.8 Å². The topological polar surface area (TPSA) is 108 Å². The summed E-state index contributed by atoms with van der Waals surface area (Å²) in [5.41, 5.74) is 2.44. The van der Waals surface area contributed by atoms with Gasteiger partial charge in [0.25, 0.3) is 0 Å². The van der Waals surface area contributed by atoms with Gasteiger partial charge in [0.05, 0.1) is 16.9 Å². The molecule has 2 N–H and O–H groups in total. The molecule has 3 heterocycles. The first-order valence-electron chi connectivity index (χ1n) is 12.6. The zero-order valence-corrected chi connectivity index (χ0v) is 22.2. The third-order valence-electron chi connectivity index (χ3n) is 8.72. The molecule has 2 bridgehead atoms.